The van der Waals surface area contributed by atoms with Crippen molar-refractivity contribution in [3.05, 3.63) is 69.0 Å². The molecule has 2 nitrogen and oxygen atoms in total. The molecule has 0 heterocycles. The lowest BCUT2D eigenvalue weighted by molar-refractivity contribution is 1.62. The Hall–Kier alpha value is -2.74. The van der Waals surface area contributed by atoms with Gasteiger partial charge >= 0.3 is 0 Å². The highest BCUT2D eigenvalue weighted by molar-refractivity contribution is 6.34. The Labute approximate surface area is 112 Å². The van der Waals surface area contributed by atoms with Crippen LogP contribution < -0.4 is 10.9 Å². The van der Waals surface area contributed by atoms with Gasteiger partial charge in [0.2, 0.25) is 0 Å². The average Bonchev–Trinajstić information content (AvgIpc) is 2.43. The van der Waals surface area contributed by atoms with E-state index in [0.717, 1.165) is 10.8 Å². The van der Waals surface area contributed by atoms with Crippen molar-refractivity contribution < 1.29 is 0 Å². The molecule has 0 amide bonds. The third-order valence-electron chi connectivity index (χ3n) is 4.33. The van der Waals surface area contributed by atoms with E-state index in [1.165, 1.54) is 33.7 Å². The van der Waals surface area contributed by atoms with Gasteiger partial charge in [0, 0.05) is 10.8 Å². The molecule has 0 saturated carbocycles. The summed E-state index contributed by atoms with van der Waals surface area (Å²) in [5.74, 6) is 0. The van der Waals surface area contributed by atoms with E-state index >= 15 is 0 Å². The molecule has 20 heavy (non-hydrogen) atoms. The highest BCUT2D eigenvalue weighted by Gasteiger charge is 2.19. The van der Waals surface area contributed by atoms with Crippen LogP contribution in [-0.4, -0.2) is 0 Å². The summed E-state index contributed by atoms with van der Waals surface area (Å²) in [6.45, 7) is 0. The Morgan fingerprint density at radius 3 is 1.40 bits per heavy atom. The van der Waals surface area contributed by atoms with E-state index in [-0.39, 0.29) is 10.9 Å². The maximum atomic E-state index is 11.9. The molecule has 2 heteroatoms. The molecule has 5 aromatic rings. The Morgan fingerprint density at radius 1 is 0.500 bits per heavy atom. The highest BCUT2D eigenvalue weighted by atomic mass is 16.1. The van der Waals surface area contributed by atoms with Gasteiger partial charge in [0.25, 0.3) is 0 Å². The zero-order valence-corrected chi connectivity index (χ0v) is 10.4. The predicted molar refractivity (Wildman–Crippen MR) is 82.6 cm³/mol. The topological polar surface area (TPSA) is 34.1 Å². The van der Waals surface area contributed by atoms with Crippen molar-refractivity contribution >= 4 is 43.1 Å². The molecule has 0 aromatic heterocycles. The van der Waals surface area contributed by atoms with Crippen molar-refractivity contribution in [2.45, 2.75) is 0 Å². The maximum Gasteiger partial charge on any atom is 0.187 e. The molecule has 0 spiro atoms. The summed E-state index contributed by atoms with van der Waals surface area (Å²) < 4.78 is 0. The van der Waals surface area contributed by atoms with Crippen molar-refractivity contribution in [3.8, 4) is 0 Å². The van der Waals surface area contributed by atoms with Crippen molar-refractivity contribution in [2.24, 2.45) is 0 Å². The highest BCUT2D eigenvalue weighted by Crippen LogP contribution is 2.41. The molecule has 0 N–H and O–H groups in total. The van der Waals surface area contributed by atoms with Crippen molar-refractivity contribution in [1.82, 2.24) is 0 Å². The van der Waals surface area contributed by atoms with E-state index in [1.807, 2.05) is 12.1 Å². The first-order valence-corrected chi connectivity index (χ1v) is 6.55. The zero-order valence-electron chi connectivity index (χ0n) is 10.4. The average molecular weight is 256 g/mol. The monoisotopic (exact) mass is 256 g/mol. The lowest BCUT2D eigenvalue weighted by atomic mass is 9.86. The van der Waals surface area contributed by atoms with Gasteiger partial charge in [-0.3, -0.25) is 9.59 Å². The van der Waals surface area contributed by atoms with Gasteiger partial charge in [-0.2, -0.15) is 0 Å². The van der Waals surface area contributed by atoms with Crippen LogP contribution in [0.4, 0.5) is 0 Å². The molecular formula is C18H8O2. The second kappa shape index (κ2) is 3.05. The number of hydrogen-bond donors (Lipinski definition) is 0. The van der Waals surface area contributed by atoms with Crippen LogP contribution in [-0.2, 0) is 0 Å². The van der Waals surface area contributed by atoms with Gasteiger partial charge in [0.1, 0.15) is 0 Å². The van der Waals surface area contributed by atoms with E-state index in [1.54, 1.807) is 0 Å². The zero-order chi connectivity index (χ0) is 13.4. The third kappa shape index (κ3) is 0.946. The summed E-state index contributed by atoms with van der Waals surface area (Å²) in [7, 11) is 0. The molecule has 5 rings (SSSR count). The second-order valence-corrected chi connectivity index (χ2v) is 5.30. The molecule has 92 valence electrons. The van der Waals surface area contributed by atoms with Crippen LogP contribution in [0.15, 0.2) is 58.1 Å². The van der Waals surface area contributed by atoms with E-state index in [0.29, 0.717) is 10.8 Å². The van der Waals surface area contributed by atoms with Crippen LogP contribution in [0, 0.1) is 0 Å². The lowest BCUT2D eigenvalue weighted by Gasteiger charge is -2.16. The fourth-order valence-corrected chi connectivity index (χ4v) is 3.39. The Morgan fingerprint density at radius 2 is 0.950 bits per heavy atom. The number of benzene rings is 3. The van der Waals surface area contributed by atoms with Crippen LogP contribution in [0.5, 0.6) is 0 Å². The molecule has 0 radical (unpaired) electrons. The molecule has 0 aliphatic rings. The van der Waals surface area contributed by atoms with Crippen LogP contribution in [0.25, 0.3) is 43.1 Å². The number of hydrogen-bond acceptors (Lipinski definition) is 2. The number of fused-ring (bicyclic) bond motifs is 8. The molecule has 0 aliphatic heterocycles. The van der Waals surface area contributed by atoms with Gasteiger partial charge in [-0.25, -0.2) is 0 Å². The van der Waals surface area contributed by atoms with Crippen molar-refractivity contribution in [2.75, 3.05) is 0 Å². The normalized spacial score (nSPS) is 12.4. The van der Waals surface area contributed by atoms with Gasteiger partial charge in [0.05, 0.1) is 0 Å². The first kappa shape index (κ1) is 10.1. The van der Waals surface area contributed by atoms with E-state index < -0.39 is 0 Å². The second-order valence-electron chi connectivity index (χ2n) is 5.30. The summed E-state index contributed by atoms with van der Waals surface area (Å²) in [6, 6.07) is 15.1. The van der Waals surface area contributed by atoms with E-state index in [4.69, 9.17) is 0 Å². The van der Waals surface area contributed by atoms with Crippen LogP contribution in [0.2, 0.25) is 0 Å². The van der Waals surface area contributed by atoms with Crippen molar-refractivity contribution in [1.29, 1.82) is 0 Å². The molecule has 0 saturated heterocycles. The first-order chi connectivity index (χ1) is 9.75. The van der Waals surface area contributed by atoms with Crippen LogP contribution >= 0.6 is 0 Å². The quantitative estimate of drug-likeness (QED) is 0.426. The van der Waals surface area contributed by atoms with Gasteiger partial charge in [-0.1, -0.05) is 24.3 Å². The summed E-state index contributed by atoms with van der Waals surface area (Å²) in [6.07, 6.45) is 0. The number of rotatable bonds is 0. The molecule has 0 unspecified atom stereocenters. The smallest absolute Gasteiger partial charge is 0.187 e. The Kier molecular flexibility index (Phi) is 1.54. The SMILES string of the molecule is O=c1ccc(=O)c2c3cc4c5ccccc5c4cc3c12. The summed E-state index contributed by atoms with van der Waals surface area (Å²) in [4.78, 5) is 23.9. The molecule has 0 fully saturated rings. The fraction of sp³-hybridized carbons (Fsp3) is 0. The molecule has 0 atom stereocenters. The van der Waals surface area contributed by atoms with Gasteiger partial charge in [-0.05, 0) is 56.6 Å². The Balaban J connectivity index is 2.08. The van der Waals surface area contributed by atoms with Crippen LogP contribution in [0.3, 0.4) is 0 Å². The molecular weight excluding hydrogens is 248 g/mol. The van der Waals surface area contributed by atoms with Gasteiger partial charge < -0.3 is 0 Å². The van der Waals surface area contributed by atoms with E-state index in [9.17, 15) is 9.59 Å². The summed E-state index contributed by atoms with van der Waals surface area (Å²) in [5.41, 5.74) is -0.112. The molecule has 0 bridgehead atoms. The fourth-order valence-electron chi connectivity index (χ4n) is 3.39. The van der Waals surface area contributed by atoms with Gasteiger partial charge in [-0.15, -0.1) is 0 Å². The molecule has 0 aliphatic carbocycles. The van der Waals surface area contributed by atoms with Crippen molar-refractivity contribution in [3.63, 3.8) is 0 Å². The summed E-state index contributed by atoms with van der Waals surface area (Å²) >= 11 is 0. The van der Waals surface area contributed by atoms with E-state index in [2.05, 4.69) is 24.3 Å². The minimum atomic E-state index is -0.0559. The largest absolute Gasteiger partial charge is 0.289 e. The molecule has 5 aromatic carbocycles. The first-order valence-electron chi connectivity index (χ1n) is 6.55. The standard InChI is InChI=1S/C18H8O2/c19-15-5-6-16(20)18-14-8-12-10-4-2-1-3-9(10)11(12)7-13(14)17(15)18/h1-8H. The lowest BCUT2D eigenvalue weighted by Crippen LogP contribution is -2.12. The van der Waals surface area contributed by atoms with Gasteiger partial charge in [0.15, 0.2) is 10.9 Å². The summed E-state index contributed by atoms with van der Waals surface area (Å²) in [5, 5.41) is 7.86. The Bertz CT molecular complexity index is 1120. The minimum Gasteiger partial charge on any atom is -0.289 e. The predicted octanol–water partition coefficient (Wildman–Crippen LogP) is 3.33. The maximum absolute atomic E-state index is 11.9. The third-order valence-corrected chi connectivity index (χ3v) is 4.33. The minimum absolute atomic E-state index is 0.0559. The van der Waals surface area contributed by atoms with Crippen LogP contribution in [0.1, 0.15) is 0 Å².